The van der Waals surface area contributed by atoms with Crippen molar-refractivity contribution in [2.24, 2.45) is 5.90 Å². The van der Waals surface area contributed by atoms with Gasteiger partial charge in [-0.1, -0.05) is 25.5 Å². The normalized spacial score (nSPS) is 10.1. The number of rotatable bonds is 6. The Morgan fingerprint density at radius 1 is 1.31 bits per heavy atom. The molecule has 1 aromatic carbocycles. The van der Waals surface area contributed by atoms with Gasteiger partial charge in [0.1, 0.15) is 0 Å². The molecular formula is C12H17NO3. The Bertz CT molecular complexity index is 322. The fourth-order valence-corrected chi connectivity index (χ4v) is 1.23. The van der Waals surface area contributed by atoms with Crippen molar-refractivity contribution in [3.05, 3.63) is 35.4 Å². The number of ether oxygens (including phenoxy) is 1. The molecule has 1 aromatic rings. The third kappa shape index (κ3) is 4.00. The Morgan fingerprint density at radius 3 is 2.56 bits per heavy atom. The second-order valence-corrected chi connectivity index (χ2v) is 3.50. The van der Waals surface area contributed by atoms with Crippen LogP contribution in [0.2, 0.25) is 0 Å². The summed E-state index contributed by atoms with van der Waals surface area (Å²) in [6.07, 6.45) is 1.91. The molecule has 1 rings (SSSR count). The molecule has 0 atom stereocenters. The van der Waals surface area contributed by atoms with Crippen LogP contribution in [-0.4, -0.2) is 12.6 Å². The van der Waals surface area contributed by atoms with E-state index in [-0.39, 0.29) is 5.97 Å². The molecule has 16 heavy (non-hydrogen) atoms. The highest BCUT2D eigenvalue weighted by atomic mass is 16.6. The van der Waals surface area contributed by atoms with Gasteiger partial charge in [0.25, 0.3) is 0 Å². The zero-order valence-electron chi connectivity index (χ0n) is 9.44. The lowest BCUT2D eigenvalue weighted by molar-refractivity contribution is 0.0499. The predicted molar refractivity (Wildman–Crippen MR) is 60.6 cm³/mol. The average Bonchev–Trinajstić information content (AvgIpc) is 2.30. The van der Waals surface area contributed by atoms with Crippen LogP contribution in [0, 0.1) is 0 Å². The second kappa shape index (κ2) is 6.98. The Hall–Kier alpha value is -1.39. The first kappa shape index (κ1) is 12.7. The molecule has 4 nitrogen and oxygen atoms in total. The van der Waals surface area contributed by atoms with E-state index >= 15 is 0 Å². The van der Waals surface area contributed by atoms with Gasteiger partial charge in [0.15, 0.2) is 0 Å². The number of hydrogen-bond donors (Lipinski definition) is 1. The van der Waals surface area contributed by atoms with Gasteiger partial charge in [-0.05, 0) is 24.1 Å². The summed E-state index contributed by atoms with van der Waals surface area (Å²) >= 11 is 0. The van der Waals surface area contributed by atoms with E-state index in [4.69, 9.17) is 10.6 Å². The highest BCUT2D eigenvalue weighted by molar-refractivity contribution is 5.89. The van der Waals surface area contributed by atoms with Crippen molar-refractivity contribution < 1.29 is 14.4 Å². The summed E-state index contributed by atoms with van der Waals surface area (Å²) in [4.78, 5) is 16.0. The minimum absolute atomic E-state index is 0.284. The molecule has 0 radical (unpaired) electrons. The maximum Gasteiger partial charge on any atom is 0.338 e. The lowest BCUT2D eigenvalue weighted by Gasteiger charge is -2.04. The van der Waals surface area contributed by atoms with E-state index in [2.05, 4.69) is 11.8 Å². The van der Waals surface area contributed by atoms with Crippen molar-refractivity contribution in [2.75, 3.05) is 6.61 Å². The number of benzene rings is 1. The molecule has 0 aliphatic heterocycles. The zero-order chi connectivity index (χ0) is 11.8. The van der Waals surface area contributed by atoms with E-state index in [0.717, 1.165) is 18.4 Å². The molecule has 0 unspecified atom stereocenters. The molecule has 4 heteroatoms. The molecule has 0 amide bonds. The lowest BCUT2D eigenvalue weighted by Crippen LogP contribution is -2.06. The van der Waals surface area contributed by atoms with Crippen LogP contribution in [0.15, 0.2) is 24.3 Å². The third-order valence-electron chi connectivity index (χ3n) is 2.17. The summed E-state index contributed by atoms with van der Waals surface area (Å²) in [5, 5.41) is 0. The van der Waals surface area contributed by atoms with E-state index in [1.807, 2.05) is 0 Å². The van der Waals surface area contributed by atoms with Gasteiger partial charge >= 0.3 is 5.97 Å². The maximum atomic E-state index is 11.5. The average molecular weight is 223 g/mol. The van der Waals surface area contributed by atoms with Gasteiger partial charge in [0.2, 0.25) is 0 Å². The van der Waals surface area contributed by atoms with Gasteiger partial charge in [0.05, 0.1) is 18.8 Å². The quantitative estimate of drug-likeness (QED) is 0.455. The van der Waals surface area contributed by atoms with Crippen LogP contribution in [0.25, 0.3) is 0 Å². The van der Waals surface area contributed by atoms with Gasteiger partial charge in [-0.2, -0.15) is 0 Å². The molecule has 0 fully saturated rings. The van der Waals surface area contributed by atoms with E-state index in [0.29, 0.717) is 18.8 Å². The van der Waals surface area contributed by atoms with Crippen molar-refractivity contribution in [1.82, 2.24) is 0 Å². The summed E-state index contributed by atoms with van der Waals surface area (Å²) in [5.41, 5.74) is 1.48. The minimum atomic E-state index is -0.284. The van der Waals surface area contributed by atoms with Crippen molar-refractivity contribution in [3.63, 3.8) is 0 Å². The highest BCUT2D eigenvalue weighted by Gasteiger charge is 2.06. The molecule has 0 bridgehead atoms. The molecule has 0 heterocycles. The second-order valence-electron chi connectivity index (χ2n) is 3.50. The van der Waals surface area contributed by atoms with Gasteiger partial charge in [0, 0.05) is 0 Å². The van der Waals surface area contributed by atoms with Crippen molar-refractivity contribution in [3.8, 4) is 0 Å². The van der Waals surface area contributed by atoms with Crippen molar-refractivity contribution >= 4 is 5.97 Å². The summed E-state index contributed by atoms with van der Waals surface area (Å²) in [6, 6.07) is 7.01. The van der Waals surface area contributed by atoms with E-state index in [1.54, 1.807) is 24.3 Å². The van der Waals surface area contributed by atoms with Gasteiger partial charge < -0.3 is 4.74 Å². The molecule has 0 aliphatic carbocycles. The van der Waals surface area contributed by atoms with Crippen LogP contribution in [0.5, 0.6) is 0 Å². The molecule has 88 valence electrons. The smallest absolute Gasteiger partial charge is 0.338 e. The number of hydrogen-bond acceptors (Lipinski definition) is 4. The van der Waals surface area contributed by atoms with Crippen LogP contribution in [-0.2, 0) is 16.2 Å². The number of unbranched alkanes of at least 4 members (excludes halogenated alkanes) is 1. The molecule has 0 aromatic heterocycles. The first-order valence-electron chi connectivity index (χ1n) is 5.35. The Morgan fingerprint density at radius 2 is 2.00 bits per heavy atom. The Kier molecular flexibility index (Phi) is 5.53. The number of esters is 1. The van der Waals surface area contributed by atoms with Crippen LogP contribution in [0.4, 0.5) is 0 Å². The van der Waals surface area contributed by atoms with Crippen molar-refractivity contribution in [1.29, 1.82) is 0 Å². The largest absolute Gasteiger partial charge is 0.462 e. The summed E-state index contributed by atoms with van der Waals surface area (Å²) < 4.78 is 5.07. The topological polar surface area (TPSA) is 61.5 Å². The SMILES string of the molecule is CCCCOC(=O)c1ccc(CON)cc1. The maximum absolute atomic E-state index is 11.5. The van der Waals surface area contributed by atoms with E-state index in [1.165, 1.54) is 0 Å². The highest BCUT2D eigenvalue weighted by Crippen LogP contribution is 2.07. The third-order valence-corrected chi connectivity index (χ3v) is 2.17. The molecule has 0 spiro atoms. The molecule has 0 saturated carbocycles. The summed E-state index contributed by atoms with van der Waals surface area (Å²) in [5.74, 6) is 4.66. The van der Waals surface area contributed by atoms with Crippen LogP contribution in [0.3, 0.4) is 0 Å². The van der Waals surface area contributed by atoms with E-state index < -0.39 is 0 Å². The van der Waals surface area contributed by atoms with Crippen LogP contribution < -0.4 is 5.90 Å². The summed E-state index contributed by atoms with van der Waals surface area (Å²) in [7, 11) is 0. The fraction of sp³-hybridized carbons (Fsp3) is 0.417. The van der Waals surface area contributed by atoms with Crippen LogP contribution >= 0.6 is 0 Å². The molecular weight excluding hydrogens is 206 g/mol. The van der Waals surface area contributed by atoms with Gasteiger partial charge in [-0.25, -0.2) is 10.7 Å². The first-order valence-corrected chi connectivity index (χ1v) is 5.35. The zero-order valence-corrected chi connectivity index (χ0v) is 9.44. The molecule has 0 saturated heterocycles. The monoisotopic (exact) mass is 223 g/mol. The number of carbonyl (C=O) groups is 1. The predicted octanol–water partition coefficient (Wildman–Crippen LogP) is 2.03. The van der Waals surface area contributed by atoms with E-state index in [9.17, 15) is 4.79 Å². The van der Waals surface area contributed by atoms with Crippen LogP contribution in [0.1, 0.15) is 35.7 Å². The molecule has 2 N–H and O–H groups in total. The number of carbonyl (C=O) groups excluding carboxylic acids is 1. The molecule has 0 aliphatic rings. The number of nitrogens with two attached hydrogens (primary N) is 1. The first-order chi connectivity index (χ1) is 7.77. The van der Waals surface area contributed by atoms with Gasteiger partial charge in [-0.3, -0.25) is 4.84 Å². The Balaban J connectivity index is 2.49. The Labute approximate surface area is 95.3 Å². The summed E-state index contributed by atoms with van der Waals surface area (Å²) in [6.45, 7) is 2.86. The lowest BCUT2D eigenvalue weighted by atomic mass is 10.1. The standard InChI is InChI=1S/C12H17NO3/c1-2-3-8-15-12(14)11-6-4-10(5-7-11)9-16-13/h4-7H,2-3,8-9,13H2,1H3. The van der Waals surface area contributed by atoms with Gasteiger partial charge in [-0.15, -0.1) is 0 Å². The fourth-order valence-electron chi connectivity index (χ4n) is 1.23. The minimum Gasteiger partial charge on any atom is -0.462 e. The van der Waals surface area contributed by atoms with Crippen molar-refractivity contribution in [2.45, 2.75) is 26.4 Å².